The van der Waals surface area contributed by atoms with Crippen molar-refractivity contribution in [3.8, 4) is 0 Å². The molecule has 1 aliphatic heterocycles. The lowest BCUT2D eigenvalue weighted by Crippen LogP contribution is -2.36. The molecule has 2 unspecified atom stereocenters. The van der Waals surface area contributed by atoms with Crippen LogP contribution >= 0.6 is 0 Å². The molecule has 2 heterocycles. The second kappa shape index (κ2) is 6.10. The van der Waals surface area contributed by atoms with Crippen molar-refractivity contribution < 1.29 is 13.9 Å². The standard InChI is InChI=1S/C16H17FN2O2/c17-12-7-5-11(6-8-12)15(14-4-2-10-21-14)19-16(20)13-3-1-9-18-13/h1,3,5-9,14-15,18H,2,4,10H2,(H,19,20). The lowest BCUT2D eigenvalue weighted by molar-refractivity contribution is 0.0670. The fraction of sp³-hybridized carbons (Fsp3) is 0.312. The maximum Gasteiger partial charge on any atom is 0.268 e. The molecule has 3 rings (SSSR count). The number of rotatable bonds is 4. The summed E-state index contributed by atoms with van der Waals surface area (Å²) in [6, 6.07) is 9.40. The lowest BCUT2D eigenvalue weighted by Gasteiger charge is -2.24. The summed E-state index contributed by atoms with van der Waals surface area (Å²) in [7, 11) is 0. The molecule has 2 N–H and O–H groups in total. The third-order valence-electron chi connectivity index (χ3n) is 3.69. The summed E-state index contributed by atoms with van der Waals surface area (Å²) in [5, 5.41) is 2.98. The van der Waals surface area contributed by atoms with Crippen molar-refractivity contribution in [2.24, 2.45) is 0 Å². The van der Waals surface area contributed by atoms with Crippen molar-refractivity contribution in [2.75, 3.05) is 6.61 Å². The van der Waals surface area contributed by atoms with Gasteiger partial charge in [0.25, 0.3) is 5.91 Å². The molecule has 1 aromatic heterocycles. The van der Waals surface area contributed by atoms with Gasteiger partial charge < -0.3 is 15.0 Å². The number of aromatic amines is 1. The molecule has 1 amide bonds. The minimum atomic E-state index is -0.291. The first-order chi connectivity index (χ1) is 10.2. The Morgan fingerprint density at radius 1 is 1.33 bits per heavy atom. The highest BCUT2D eigenvalue weighted by atomic mass is 19.1. The van der Waals surface area contributed by atoms with E-state index in [2.05, 4.69) is 10.3 Å². The molecule has 1 saturated heterocycles. The molecule has 0 saturated carbocycles. The van der Waals surface area contributed by atoms with Crippen molar-refractivity contribution in [1.29, 1.82) is 0 Å². The van der Waals surface area contributed by atoms with Crippen molar-refractivity contribution in [1.82, 2.24) is 10.3 Å². The number of H-pyrrole nitrogens is 1. The number of hydrogen-bond donors (Lipinski definition) is 2. The Morgan fingerprint density at radius 2 is 2.14 bits per heavy atom. The lowest BCUT2D eigenvalue weighted by atomic mass is 9.99. The van der Waals surface area contributed by atoms with Crippen molar-refractivity contribution >= 4 is 5.91 Å². The van der Waals surface area contributed by atoms with Gasteiger partial charge in [-0.05, 0) is 42.7 Å². The fourth-order valence-electron chi connectivity index (χ4n) is 2.62. The maximum absolute atomic E-state index is 13.1. The molecular formula is C16H17FN2O2. The van der Waals surface area contributed by atoms with E-state index >= 15 is 0 Å². The number of nitrogens with one attached hydrogen (secondary N) is 2. The van der Waals surface area contributed by atoms with Gasteiger partial charge in [-0.2, -0.15) is 0 Å². The predicted molar refractivity (Wildman–Crippen MR) is 76.4 cm³/mol. The van der Waals surface area contributed by atoms with Gasteiger partial charge in [0.05, 0.1) is 12.1 Å². The van der Waals surface area contributed by atoms with Crippen LogP contribution in [-0.2, 0) is 4.74 Å². The van der Waals surface area contributed by atoms with E-state index in [-0.39, 0.29) is 23.9 Å². The molecule has 5 heteroatoms. The molecule has 2 atom stereocenters. The Labute approximate surface area is 122 Å². The summed E-state index contributed by atoms with van der Waals surface area (Å²) in [4.78, 5) is 15.1. The molecule has 4 nitrogen and oxygen atoms in total. The van der Waals surface area contributed by atoms with Crippen LogP contribution < -0.4 is 5.32 Å². The molecule has 1 aromatic carbocycles. The van der Waals surface area contributed by atoms with Crippen LogP contribution in [0.15, 0.2) is 42.6 Å². The first-order valence-corrected chi connectivity index (χ1v) is 7.05. The largest absolute Gasteiger partial charge is 0.376 e. The number of ether oxygens (including phenoxy) is 1. The summed E-state index contributed by atoms with van der Waals surface area (Å²) in [6.07, 6.45) is 3.48. The van der Waals surface area contributed by atoms with E-state index in [0.29, 0.717) is 12.3 Å². The molecule has 0 bridgehead atoms. The number of amides is 1. The van der Waals surface area contributed by atoms with Gasteiger partial charge in [-0.3, -0.25) is 4.79 Å². The van der Waals surface area contributed by atoms with Gasteiger partial charge in [0.2, 0.25) is 0 Å². The quantitative estimate of drug-likeness (QED) is 0.909. The number of carbonyl (C=O) groups is 1. The van der Waals surface area contributed by atoms with Crippen LogP contribution in [0.25, 0.3) is 0 Å². The molecule has 1 fully saturated rings. The Bertz CT molecular complexity index is 589. The zero-order valence-corrected chi connectivity index (χ0v) is 11.5. The van der Waals surface area contributed by atoms with Crippen LogP contribution in [0.1, 0.15) is 34.9 Å². The van der Waals surface area contributed by atoms with Crippen LogP contribution in [0.3, 0.4) is 0 Å². The van der Waals surface area contributed by atoms with Crippen LogP contribution in [0.2, 0.25) is 0 Å². The van der Waals surface area contributed by atoms with Gasteiger partial charge in [-0.25, -0.2) is 4.39 Å². The van der Waals surface area contributed by atoms with E-state index < -0.39 is 0 Å². The van der Waals surface area contributed by atoms with E-state index in [1.165, 1.54) is 12.1 Å². The first-order valence-electron chi connectivity index (χ1n) is 7.05. The highest BCUT2D eigenvalue weighted by Gasteiger charge is 2.29. The van der Waals surface area contributed by atoms with Gasteiger partial charge >= 0.3 is 0 Å². The smallest absolute Gasteiger partial charge is 0.268 e. The third kappa shape index (κ3) is 3.13. The van der Waals surface area contributed by atoms with E-state index in [4.69, 9.17) is 4.74 Å². The van der Waals surface area contributed by atoms with E-state index in [0.717, 1.165) is 18.4 Å². The van der Waals surface area contributed by atoms with Crippen LogP contribution in [0.5, 0.6) is 0 Å². The zero-order valence-electron chi connectivity index (χ0n) is 11.5. The fourth-order valence-corrected chi connectivity index (χ4v) is 2.62. The van der Waals surface area contributed by atoms with Gasteiger partial charge in [-0.15, -0.1) is 0 Å². The maximum atomic E-state index is 13.1. The summed E-state index contributed by atoms with van der Waals surface area (Å²) in [5.41, 5.74) is 1.35. The molecule has 0 spiro atoms. The number of carbonyl (C=O) groups excluding carboxylic acids is 1. The summed E-state index contributed by atoms with van der Waals surface area (Å²) >= 11 is 0. The Morgan fingerprint density at radius 3 is 2.76 bits per heavy atom. The molecule has 2 aromatic rings. The summed E-state index contributed by atoms with van der Waals surface area (Å²) < 4.78 is 18.8. The normalized spacial score (nSPS) is 19.4. The highest BCUT2D eigenvalue weighted by Crippen LogP contribution is 2.27. The Hall–Kier alpha value is -2.14. The predicted octanol–water partition coefficient (Wildman–Crippen LogP) is 2.80. The molecule has 110 valence electrons. The number of halogens is 1. The SMILES string of the molecule is O=C(NC(c1ccc(F)cc1)C1CCCO1)c1ccc[nH]1. The Kier molecular flexibility index (Phi) is 4.01. The average Bonchev–Trinajstić information content (AvgIpc) is 3.19. The van der Waals surface area contributed by atoms with E-state index in [9.17, 15) is 9.18 Å². The van der Waals surface area contributed by atoms with Crippen LogP contribution in [0, 0.1) is 5.82 Å². The number of hydrogen-bond acceptors (Lipinski definition) is 2. The first kappa shape index (κ1) is 13.8. The minimum Gasteiger partial charge on any atom is -0.376 e. The van der Waals surface area contributed by atoms with Crippen molar-refractivity contribution in [3.05, 3.63) is 59.7 Å². The number of aromatic nitrogens is 1. The second-order valence-electron chi connectivity index (χ2n) is 5.14. The van der Waals surface area contributed by atoms with Gasteiger partial charge in [0.15, 0.2) is 0 Å². The van der Waals surface area contributed by atoms with Gasteiger partial charge in [0, 0.05) is 12.8 Å². The highest BCUT2D eigenvalue weighted by molar-refractivity contribution is 5.92. The Balaban J connectivity index is 1.82. The summed E-state index contributed by atoms with van der Waals surface area (Å²) in [5.74, 6) is -0.481. The number of benzene rings is 1. The monoisotopic (exact) mass is 288 g/mol. The molecule has 0 radical (unpaired) electrons. The molecule has 0 aliphatic carbocycles. The van der Waals surface area contributed by atoms with E-state index in [1.54, 1.807) is 30.5 Å². The molecule has 21 heavy (non-hydrogen) atoms. The third-order valence-corrected chi connectivity index (χ3v) is 3.69. The second-order valence-corrected chi connectivity index (χ2v) is 5.14. The summed E-state index contributed by atoms with van der Waals surface area (Å²) in [6.45, 7) is 0.695. The zero-order chi connectivity index (χ0) is 14.7. The van der Waals surface area contributed by atoms with Crippen molar-refractivity contribution in [3.63, 3.8) is 0 Å². The van der Waals surface area contributed by atoms with Crippen molar-refractivity contribution in [2.45, 2.75) is 25.0 Å². The van der Waals surface area contributed by atoms with Crippen LogP contribution in [0.4, 0.5) is 4.39 Å². The van der Waals surface area contributed by atoms with Gasteiger partial charge in [0.1, 0.15) is 11.5 Å². The topological polar surface area (TPSA) is 54.1 Å². The molecular weight excluding hydrogens is 271 g/mol. The minimum absolute atomic E-state index is 0.0747. The van der Waals surface area contributed by atoms with Crippen LogP contribution in [-0.4, -0.2) is 23.6 Å². The molecule has 1 aliphatic rings. The average molecular weight is 288 g/mol. The van der Waals surface area contributed by atoms with E-state index in [1.807, 2.05) is 0 Å². The van der Waals surface area contributed by atoms with Gasteiger partial charge in [-0.1, -0.05) is 12.1 Å².